The Kier molecular flexibility index (Phi) is 8.76. The van der Waals surface area contributed by atoms with Crippen LogP contribution < -0.4 is 10.2 Å². The second kappa shape index (κ2) is 11.5. The Morgan fingerprint density at radius 2 is 1.76 bits per heavy atom. The van der Waals surface area contributed by atoms with Crippen molar-refractivity contribution in [3.05, 3.63) is 88.2 Å². The van der Waals surface area contributed by atoms with Gasteiger partial charge in [0.1, 0.15) is 12.0 Å². The fourth-order valence-electron chi connectivity index (χ4n) is 2.51. The van der Waals surface area contributed by atoms with Crippen molar-refractivity contribution in [2.45, 2.75) is 19.3 Å². The predicted molar refractivity (Wildman–Crippen MR) is 111 cm³/mol. The molecule has 3 rings (SSSR count). The van der Waals surface area contributed by atoms with Crippen LogP contribution in [0.4, 0.5) is 13.2 Å². The molecule has 180 valence electrons. The lowest BCUT2D eigenvalue weighted by atomic mass is 10.2. The van der Waals surface area contributed by atoms with Gasteiger partial charge in [-0.05, 0) is 29.8 Å². The van der Waals surface area contributed by atoms with Gasteiger partial charge in [-0.3, -0.25) is 14.6 Å². The Morgan fingerprint density at radius 3 is 2.26 bits per heavy atom. The smallest absolute Gasteiger partial charge is 0.490 e. The zero-order valence-electron chi connectivity index (χ0n) is 17.7. The van der Waals surface area contributed by atoms with Crippen molar-refractivity contribution in [3.8, 4) is 11.5 Å². The number of aromatic nitrogens is 1. The summed E-state index contributed by atoms with van der Waals surface area (Å²) in [5.41, 5.74) is 0.897. The molecular weight excluding hydrogens is 461 g/mol. The molecular formula is C22H19F3N2O7. The van der Waals surface area contributed by atoms with Crippen molar-refractivity contribution in [2.24, 2.45) is 0 Å². The second-order valence-electron chi connectivity index (χ2n) is 6.63. The van der Waals surface area contributed by atoms with E-state index < -0.39 is 29.2 Å². The summed E-state index contributed by atoms with van der Waals surface area (Å²) in [7, 11) is 1.58. The van der Waals surface area contributed by atoms with Gasteiger partial charge in [0.15, 0.2) is 11.5 Å². The van der Waals surface area contributed by atoms with Crippen LogP contribution in [0.1, 0.15) is 21.8 Å². The first kappa shape index (κ1) is 25.9. The van der Waals surface area contributed by atoms with Crippen LogP contribution in [0.3, 0.4) is 0 Å². The molecule has 0 aliphatic rings. The SMILES string of the molecule is COc1ccc(CN(Cc2ccccn2)C(=O)c2cc(=O)c(O)co2)cc1.O=C(O)C(F)(F)F. The first-order valence-corrected chi connectivity index (χ1v) is 9.45. The van der Waals surface area contributed by atoms with E-state index in [-0.39, 0.29) is 18.8 Å². The number of ether oxygens (including phenoxy) is 1. The number of rotatable bonds is 6. The summed E-state index contributed by atoms with van der Waals surface area (Å²) in [5, 5.41) is 16.5. The van der Waals surface area contributed by atoms with Gasteiger partial charge in [0.05, 0.1) is 19.3 Å². The van der Waals surface area contributed by atoms with Crippen molar-refractivity contribution >= 4 is 11.9 Å². The number of aliphatic carboxylic acids is 1. The summed E-state index contributed by atoms with van der Waals surface area (Å²) in [5.74, 6) is -3.22. The number of carboxylic acids is 1. The number of halogens is 3. The number of carbonyl (C=O) groups excluding carboxylic acids is 1. The molecule has 9 nitrogen and oxygen atoms in total. The van der Waals surface area contributed by atoms with Gasteiger partial charge in [-0.1, -0.05) is 18.2 Å². The summed E-state index contributed by atoms with van der Waals surface area (Å²) in [6.45, 7) is 0.514. The lowest BCUT2D eigenvalue weighted by Crippen LogP contribution is -2.31. The number of amides is 1. The minimum absolute atomic E-state index is 0.151. The zero-order valence-corrected chi connectivity index (χ0v) is 17.7. The van der Waals surface area contributed by atoms with Gasteiger partial charge in [-0.2, -0.15) is 13.2 Å². The van der Waals surface area contributed by atoms with Crippen LogP contribution in [0.25, 0.3) is 0 Å². The van der Waals surface area contributed by atoms with Crippen LogP contribution in [0.15, 0.2) is 70.2 Å². The maximum atomic E-state index is 12.9. The first-order chi connectivity index (χ1) is 16.0. The molecule has 2 N–H and O–H groups in total. The molecule has 0 spiro atoms. The highest BCUT2D eigenvalue weighted by molar-refractivity contribution is 5.91. The van der Waals surface area contributed by atoms with Gasteiger partial charge in [0.25, 0.3) is 5.91 Å². The quantitative estimate of drug-likeness (QED) is 0.550. The van der Waals surface area contributed by atoms with Crippen LogP contribution in [0.2, 0.25) is 0 Å². The van der Waals surface area contributed by atoms with Gasteiger partial charge < -0.3 is 24.3 Å². The number of alkyl halides is 3. The third-order valence-corrected chi connectivity index (χ3v) is 4.16. The summed E-state index contributed by atoms with van der Waals surface area (Å²) in [4.78, 5) is 39.2. The van der Waals surface area contributed by atoms with E-state index in [1.807, 2.05) is 18.2 Å². The van der Waals surface area contributed by atoms with Crippen LogP contribution >= 0.6 is 0 Å². The Labute approximate surface area is 190 Å². The predicted octanol–water partition coefficient (Wildman–Crippen LogP) is 3.22. The van der Waals surface area contributed by atoms with Crippen molar-refractivity contribution in [2.75, 3.05) is 7.11 Å². The van der Waals surface area contributed by atoms with E-state index in [9.17, 15) is 27.9 Å². The number of nitrogens with zero attached hydrogens (tertiary/aromatic N) is 2. The van der Waals surface area contributed by atoms with Crippen LogP contribution in [0, 0.1) is 0 Å². The maximum absolute atomic E-state index is 12.9. The van der Waals surface area contributed by atoms with E-state index in [2.05, 4.69) is 4.98 Å². The maximum Gasteiger partial charge on any atom is 0.490 e. The number of carboxylic acid groups (broad SMARTS) is 1. The number of pyridine rings is 1. The topological polar surface area (TPSA) is 130 Å². The third kappa shape index (κ3) is 7.65. The number of aromatic hydroxyl groups is 1. The van der Waals surface area contributed by atoms with Crippen LogP contribution in [-0.2, 0) is 17.9 Å². The molecule has 0 radical (unpaired) electrons. The number of benzene rings is 1. The normalized spacial score (nSPS) is 10.6. The molecule has 2 heterocycles. The van der Waals surface area contributed by atoms with Crippen molar-refractivity contribution in [3.63, 3.8) is 0 Å². The van der Waals surface area contributed by atoms with Crippen LogP contribution in [-0.4, -0.2) is 45.3 Å². The molecule has 1 amide bonds. The fourth-order valence-corrected chi connectivity index (χ4v) is 2.51. The summed E-state index contributed by atoms with van der Waals surface area (Å²) in [6.07, 6.45) is -2.58. The monoisotopic (exact) mass is 480 g/mol. The molecule has 12 heteroatoms. The van der Waals surface area contributed by atoms with Gasteiger partial charge in [0, 0.05) is 18.8 Å². The molecule has 1 aromatic carbocycles. The molecule has 0 fully saturated rings. The standard InChI is InChI=1S/C20H18N2O5.C2HF3O2/c1-26-16-7-5-14(6-8-16)11-22(12-15-4-2-3-9-21-15)20(25)19-10-17(23)18(24)13-27-19;3-2(4,5)1(6)7/h2-10,13,24H,11-12H2,1H3;(H,6,7). The highest BCUT2D eigenvalue weighted by Crippen LogP contribution is 2.17. The minimum Gasteiger partial charge on any atom is -0.502 e. The molecule has 0 saturated carbocycles. The summed E-state index contributed by atoms with van der Waals surface area (Å²) >= 11 is 0. The molecule has 3 aromatic rings. The molecule has 2 aromatic heterocycles. The molecule has 0 bridgehead atoms. The van der Waals surface area contributed by atoms with E-state index in [4.69, 9.17) is 19.1 Å². The molecule has 0 atom stereocenters. The van der Waals surface area contributed by atoms with Crippen molar-refractivity contribution < 1.29 is 42.1 Å². The minimum atomic E-state index is -5.08. The molecule has 34 heavy (non-hydrogen) atoms. The molecule has 0 unspecified atom stereocenters. The van der Waals surface area contributed by atoms with Gasteiger partial charge >= 0.3 is 12.1 Å². The Morgan fingerprint density at radius 1 is 1.12 bits per heavy atom. The number of carbonyl (C=O) groups is 2. The highest BCUT2D eigenvalue weighted by Gasteiger charge is 2.38. The second-order valence-corrected chi connectivity index (χ2v) is 6.63. The van der Waals surface area contributed by atoms with Gasteiger partial charge in [-0.15, -0.1) is 0 Å². The van der Waals surface area contributed by atoms with E-state index in [1.54, 1.807) is 37.6 Å². The fraction of sp³-hybridized carbons (Fsp3) is 0.182. The Bertz CT molecular complexity index is 1160. The number of methoxy groups -OCH3 is 1. The average molecular weight is 480 g/mol. The van der Waals surface area contributed by atoms with E-state index in [1.165, 1.54) is 4.90 Å². The lowest BCUT2D eigenvalue weighted by Gasteiger charge is -2.22. The Hall–Kier alpha value is -4.35. The molecule has 0 saturated heterocycles. The van der Waals surface area contributed by atoms with Crippen molar-refractivity contribution in [1.29, 1.82) is 0 Å². The third-order valence-electron chi connectivity index (χ3n) is 4.16. The van der Waals surface area contributed by atoms with Gasteiger partial charge in [0.2, 0.25) is 5.43 Å². The summed E-state index contributed by atoms with van der Waals surface area (Å²) in [6, 6.07) is 13.7. The largest absolute Gasteiger partial charge is 0.502 e. The van der Waals surface area contributed by atoms with E-state index in [0.717, 1.165) is 17.9 Å². The Balaban J connectivity index is 0.000000509. The van der Waals surface area contributed by atoms with E-state index >= 15 is 0 Å². The number of hydrogen-bond acceptors (Lipinski definition) is 7. The number of hydrogen-bond donors (Lipinski definition) is 2. The lowest BCUT2D eigenvalue weighted by molar-refractivity contribution is -0.192. The zero-order chi connectivity index (χ0) is 25.3. The summed E-state index contributed by atoms with van der Waals surface area (Å²) < 4.78 is 42.0. The highest BCUT2D eigenvalue weighted by atomic mass is 19.4. The average Bonchev–Trinajstić information content (AvgIpc) is 2.81. The molecule has 0 aliphatic carbocycles. The van der Waals surface area contributed by atoms with Crippen molar-refractivity contribution in [1.82, 2.24) is 9.88 Å². The van der Waals surface area contributed by atoms with Gasteiger partial charge in [-0.25, -0.2) is 4.79 Å². The molecule has 0 aliphatic heterocycles. The first-order valence-electron chi connectivity index (χ1n) is 9.45. The van der Waals surface area contributed by atoms with E-state index in [0.29, 0.717) is 11.4 Å². The van der Waals surface area contributed by atoms with Crippen LogP contribution in [0.5, 0.6) is 11.5 Å².